The summed E-state index contributed by atoms with van der Waals surface area (Å²) < 4.78 is 0. The molecule has 2 rings (SSSR count). The van der Waals surface area contributed by atoms with E-state index in [1.54, 1.807) is 0 Å². The highest BCUT2D eigenvalue weighted by Gasteiger charge is 2.10. The third kappa shape index (κ3) is 4.50. The zero-order valence-electron chi connectivity index (χ0n) is 12.8. The Morgan fingerprint density at radius 1 is 0.850 bits per heavy atom. The van der Waals surface area contributed by atoms with Gasteiger partial charge in [-0.25, -0.2) is 0 Å². The van der Waals surface area contributed by atoms with Crippen molar-refractivity contribution in [2.45, 2.75) is 26.7 Å². The molecule has 2 aromatic carbocycles. The van der Waals surface area contributed by atoms with E-state index in [0.717, 1.165) is 19.4 Å². The van der Waals surface area contributed by atoms with E-state index < -0.39 is 0 Å². The van der Waals surface area contributed by atoms with Gasteiger partial charge in [-0.3, -0.25) is 0 Å². The van der Waals surface area contributed by atoms with Gasteiger partial charge in [-0.1, -0.05) is 59.7 Å². The van der Waals surface area contributed by atoms with Crippen molar-refractivity contribution < 1.29 is 0 Å². The molecule has 0 spiro atoms. The summed E-state index contributed by atoms with van der Waals surface area (Å²) in [5.41, 5.74) is 5.61. The molecule has 0 heterocycles. The van der Waals surface area contributed by atoms with E-state index in [0.29, 0.717) is 5.92 Å². The van der Waals surface area contributed by atoms with Gasteiger partial charge in [0.15, 0.2) is 0 Å². The molecule has 0 aliphatic carbocycles. The summed E-state index contributed by atoms with van der Waals surface area (Å²) >= 11 is 0. The maximum atomic E-state index is 3.34. The van der Waals surface area contributed by atoms with Crippen LogP contribution < -0.4 is 5.32 Å². The van der Waals surface area contributed by atoms with Gasteiger partial charge in [0.05, 0.1) is 0 Å². The molecule has 0 saturated carbocycles. The summed E-state index contributed by atoms with van der Waals surface area (Å²) in [6.45, 7) is 5.42. The minimum atomic E-state index is 0.642. The number of hydrogen-bond donors (Lipinski definition) is 1. The lowest BCUT2D eigenvalue weighted by molar-refractivity contribution is 0.493. The standard InChI is InChI=1S/C19H25N/c1-15-9-16(2)11-18(10-15)13-19(14-20-3)12-17-7-5-4-6-8-17/h4-11,19-20H,12-14H2,1-3H3. The van der Waals surface area contributed by atoms with E-state index in [9.17, 15) is 0 Å². The van der Waals surface area contributed by atoms with Crippen molar-refractivity contribution >= 4 is 0 Å². The normalized spacial score (nSPS) is 12.3. The molecule has 1 N–H and O–H groups in total. The van der Waals surface area contributed by atoms with E-state index in [2.05, 4.69) is 67.7 Å². The van der Waals surface area contributed by atoms with Crippen molar-refractivity contribution in [1.82, 2.24) is 5.32 Å². The highest BCUT2D eigenvalue weighted by atomic mass is 14.8. The van der Waals surface area contributed by atoms with Crippen LogP contribution in [0.25, 0.3) is 0 Å². The Labute approximate surface area is 123 Å². The molecule has 20 heavy (non-hydrogen) atoms. The molecule has 2 aromatic rings. The molecule has 0 radical (unpaired) electrons. The van der Waals surface area contributed by atoms with Crippen LogP contribution in [0, 0.1) is 19.8 Å². The fraction of sp³-hybridized carbons (Fsp3) is 0.368. The van der Waals surface area contributed by atoms with E-state index in [1.807, 2.05) is 7.05 Å². The monoisotopic (exact) mass is 267 g/mol. The Morgan fingerprint density at radius 3 is 2.05 bits per heavy atom. The third-order valence-electron chi connectivity index (χ3n) is 3.67. The second-order valence-electron chi connectivity index (χ2n) is 5.81. The van der Waals surface area contributed by atoms with Crippen molar-refractivity contribution in [2.75, 3.05) is 13.6 Å². The SMILES string of the molecule is CNCC(Cc1ccccc1)Cc1cc(C)cc(C)c1. The number of benzene rings is 2. The van der Waals surface area contributed by atoms with Crippen LogP contribution in [0.15, 0.2) is 48.5 Å². The van der Waals surface area contributed by atoms with Crippen LogP contribution in [0.1, 0.15) is 22.3 Å². The van der Waals surface area contributed by atoms with Crippen LogP contribution in [0.2, 0.25) is 0 Å². The van der Waals surface area contributed by atoms with Crippen LogP contribution in [0.4, 0.5) is 0 Å². The lowest BCUT2D eigenvalue weighted by Crippen LogP contribution is -2.22. The van der Waals surface area contributed by atoms with Crippen LogP contribution in [-0.2, 0) is 12.8 Å². The average Bonchev–Trinajstić information content (AvgIpc) is 2.39. The first-order valence-corrected chi connectivity index (χ1v) is 7.43. The Kier molecular flexibility index (Phi) is 5.37. The molecule has 0 saturated heterocycles. The number of hydrogen-bond acceptors (Lipinski definition) is 1. The average molecular weight is 267 g/mol. The number of rotatable bonds is 6. The van der Waals surface area contributed by atoms with Crippen LogP contribution in [0.5, 0.6) is 0 Å². The highest BCUT2D eigenvalue weighted by molar-refractivity contribution is 5.29. The molecule has 106 valence electrons. The quantitative estimate of drug-likeness (QED) is 0.836. The fourth-order valence-electron chi connectivity index (χ4n) is 2.97. The first kappa shape index (κ1) is 14.8. The molecular weight excluding hydrogens is 242 g/mol. The Hall–Kier alpha value is -1.60. The maximum Gasteiger partial charge on any atom is -0.00172 e. The zero-order chi connectivity index (χ0) is 14.4. The summed E-state index contributed by atoms with van der Waals surface area (Å²) in [7, 11) is 2.04. The molecule has 1 heteroatoms. The topological polar surface area (TPSA) is 12.0 Å². The zero-order valence-corrected chi connectivity index (χ0v) is 12.8. The van der Waals surface area contributed by atoms with E-state index in [1.165, 1.54) is 22.3 Å². The predicted octanol–water partition coefficient (Wildman–Crippen LogP) is 3.92. The fourth-order valence-corrected chi connectivity index (χ4v) is 2.97. The van der Waals surface area contributed by atoms with Crippen molar-refractivity contribution in [3.8, 4) is 0 Å². The molecule has 0 amide bonds. The van der Waals surface area contributed by atoms with Crippen LogP contribution in [0.3, 0.4) is 0 Å². The molecule has 0 aliphatic heterocycles. The van der Waals surface area contributed by atoms with Gasteiger partial charge in [0, 0.05) is 0 Å². The number of nitrogens with one attached hydrogen (secondary N) is 1. The van der Waals surface area contributed by atoms with Gasteiger partial charge in [0.2, 0.25) is 0 Å². The molecule has 0 fully saturated rings. The van der Waals surface area contributed by atoms with Crippen molar-refractivity contribution in [3.05, 3.63) is 70.8 Å². The van der Waals surface area contributed by atoms with Crippen LogP contribution in [-0.4, -0.2) is 13.6 Å². The molecule has 0 bridgehead atoms. The van der Waals surface area contributed by atoms with Crippen molar-refractivity contribution in [2.24, 2.45) is 5.92 Å². The van der Waals surface area contributed by atoms with Crippen molar-refractivity contribution in [3.63, 3.8) is 0 Å². The summed E-state index contributed by atoms with van der Waals surface area (Å²) in [5.74, 6) is 0.642. The lowest BCUT2D eigenvalue weighted by atomic mass is 9.91. The highest BCUT2D eigenvalue weighted by Crippen LogP contribution is 2.17. The summed E-state index contributed by atoms with van der Waals surface area (Å²) in [4.78, 5) is 0. The van der Waals surface area contributed by atoms with Gasteiger partial charge in [-0.05, 0) is 57.3 Å². The van der Waals surface area contributed by atoms with Gasteiger partial charge in [-0.2, -0.15) is 0 Å². The largest absolute Gasteiger partial charge is 0.319 e. The molecular formula is C19H25N. The Bertz CT molecular complexity index is 510. The smallest absolute Gasteiger partial charge is 0.00172 e. The first-order valence-electron chi connectivity index (χ1n) is 7.43. The van der Waals surface area contributed by atoms with Gasteiger partial charge >= 0.3 is 0 Å². The second-order valence-corrected chi connectivity index (χ2v) is 5.81. The predicted molar refractivity (Wildman–Crippen MR) is 87.2 cm³/mol. The molecule has 1 nitrogen and oxygen atoms in total. The first-order chi connectivity index (χ1) is 9.67. The third-order valence-corrected chi connectivity index (χ3v) is 3.67. The Balaban J connectivity index is 2.08. The van der Waals surface area contributed by atoms with Crippen LogP contribution >= 0.6 is 0 Å². The lowest BCUT2D eigenvalue weighted by Gasteiger charge is -2.17. The minimum Gasteiger partial charge on any atom is -0.319 e. The maximum absolute atomic E-state index is 3.34. The van der Waals surface area contributed by atoms with E-state index in [-0.39, 0.29) is 0 Å². The molecule has 0 aliphatic rings. The Morgan fingerprint density at radius 2 is 1.45 bits per heavy atom. The van der Waals surface area contributed by atoms with Crippen molar-refractivity contribution in [1.29, 1.82) is 0 Å². The minimum absolute atomic E-state index is 0.642. The summed E-state index contributed by atoms with van der Waals surface area (Å²) in [6, 6.07) is 17.7. The molecule has 0 aromatic heterocycles. The second kappa shape index (κ2) is 7.25. The van der Waals surface area contributed by atoms with E-state index in [4.69, 9.17) is 0 Å². The molecule has 1 atom stereocenters. The number of aryl methyl sites for hydroxylation is 2. The van der Waals surface area contributed by atoms with Gasteiger partial charge in [0.25, 0.3) is 0 Å². The van der Waals surface area contributed by atoms with Gasteiger partial charge in [0.1, 0.15) is 0 Å². The summed E-state index contributed by atoms with van der Waals surface area (Å²) in [6.07, 6.45) is 2.27. The summed E-state index contributed by atoms with van der Waals surface area (Å²) in [5, 5.41) is 3.34. The molecule has 1 unspecified atom stereocenters. The van der Waals surface area contributed by atoms with Gasteiger partial charge in [-0.15, -0.1) is 0 Å². The van der Waals surface area contributed by atoms with Gasteiger partial charge < -0.3 is 5.32 Å². The van der Waals surface area contributed by atoms with E-state index >= 15 is 0 Å².